The molecule has 0 spiro atoms. The molecule has 0 saturated heterocycles. The number of fused-ring (bicyclic) bond motifs is 3. The number of rotatable bonds is 5. The Kier molecular flexibility index (Phi) is 4.90. The van der Waals surface area contributed by atoms with Gasteiger partial charge in [0.1, 0.15) is 11.5 Å². The van der Waals surface area contributed by atoms with Crippen molar-refractivity contribution in [2.45, 2.75) is 18.7 Å². The van der Waals surface area contributed by atoms with E-state index >= 15 is 0 Å². The Bertz CT molecular complexity index is 1130. The van der Waals surface area contributed by atoms with Crippen molar-refractivity contribution in [3.8, 4) is 23.0 Å². The average molecular weight is 416 g/mol. The van der Waals surface area contributed by atoms with Crippen molar-refractivity contribution in [1.29, 1.82) is 0 Å². The summed E-state index contributed by atoms with van der Waals surface area (Å²) < 4.78 is 22.8. The lowest BCUT2D eigenvalue weighted by Crippen LogP contribution is -2.33. The average Bonchev–Trinajstić information content (AvgIpc) is 3.29. The first-order valence-corrected chi connectivity index (χ1v) is 10.2. The summed E-state index contributed by atoms with van der Waals surface area (Å²) in [6.07, 6.45) is 0.407. The van der Waals surface area contributed by atoms with Crippen LogP contribution in [0.1, 0.15) is 35.4 Å². The Hall–Kier alpha value is -3.67. The van der Waals surface area contributed by atoms with Crippen LogP contribution in [0.25, 0.3) is 0 Å². The number of hydrazone groups is 1. The zero-order chi connectivity index (χ0) is 21.4. The molecule has 3 aromatic rings. The molecule has 2 aliphatic heterocycles. The molecule has 0 saturated carbocycles. The van der Waals surface area contributed by atoms with Crippen molar-refractivity contribution in [2.24, 2.45) is 5.10 Å². The minimum atomic E-state index is -0.382. The molecule has 0 bridgehead atoms. The summed E-state index contributed by atoms with van der Waals surface area (Å²) >= 11 is 0. The second-order valence-corrected chi connectivity index (χ2v) is 7.50. The molecule has 31 heavy (non-hydrogen) atoms. The summed E-state index contributed by atoms with van der Waals surface area (Å²) in [4.78, 5) is 0. The molecule has 2 atom stereocenters. The maximum absolute atomic E-state index is 6.46. The molecule has 0 radical (unpaired) electrons. The largest absolute Gasteiger partial charge is 0.497 e. The van der Waals surface area contributed by atoms with E-state index in [0.29, 0.717) is 11.5 Å². The quantitative estimate of drug-likeness (QED) is 0.589. The number of ether oxygens (including phenoxy) is 4. The Morgan fingerprint density at radius 1 is 0.871 bits per heavy atom. The van der Waals surface area contributed by atoms with Gasteiger partial charge in [0, 0.05) is 17.5 Å². The van der Waals surface area contributed by atoms with Crippen LogP contribution < -0.4 is 18.9 Å². The molecule has 0 N–H and O–H groups in total. The molecular weight excluding hydrogens is 392 g/mol. The number of nitrogens with zero attached hydrogens (tertiary/aromatic N) is 2. The van der Waals surface area contributed by atoms with Gasteiger partial charge in [-0.15, -0.1) is 0 Å². The first-order chi connectivity index (χ1) is 15.2. The second-order valence-electron chi connectivity index (χ2n) is 7.50. The Labute approximate surface area is 181 Å². The second kappa shape index (κ2) is 7.87. The van der Waals surface area contributed by atoms with E-state index in [-0.39, 0.29) is 12.3 Å². The maximum atomic E-state index is 6.46. The molecule has 5 rings (SSSR count). The van der Waals surface area contributed by atoms with Crippen LogP contribution in [0.5, 0.6) is 23.0 Å². The lowest BCUT2D eigenvalue weighted by molar-refractivity contribution is -0.0193. The van der Waals surface area contributed by atoms with Crippen molar-refractivity contribution >= 4 is 5.71 Å². The summed E-state index contributed by atoms with van der Waals surface area (Å²) in [5, 5.41) is 7.05. The first-order valence-electron chi connectivity index (χ1n) is 10.2. The van der Waals surface area contributed by atoms with Gasteiger partial charge in [-0.2, -0.15) is 5.10 Å². The van der Waals surface area contributed by atoms with Crippen LogP contribution in [0.4, 0.5) is 0 Å². The van der Waals surface area contributed by atoms with E-state index in [2.05, 4.69) is 12.1 Å². The fourth-order valence-corrected chi connectivity index (χ4v) is 4.22. The number of methoxy groups -OCH3 is 3. The van der Waals surface area contributed by atoms with Gasteiger partial charge in [-0.3, -0.25) is 0 Å². The van der Waals surface area contributed by atoms with E-state index in [1.807, 2.05) is 59.6 Å². The predicted octanol–water partition coefficient (Wildman–Crippen LogP) is 4.95. The van der Waals surface area contributed by atoms with E-state index in [0.717, 1.165) is 40.3 Å². The minimum Gasteiger partial charge on any atom is -0.497 e. The van der Waals surface area contributed by atoms with Gasteiger partial charge in [0.25, 0.3) is 0 Å². The third-order valence-electron chi connectivity index (χ3n) is 5.80. The topological polar surface area (TPSA) is 52.5 Å². The van der Waals surface area contributed by atoms with Gasteiger partial charge in [-0.05, 0) is 42.0 Å². The molecular formula is C25H24N2O4. The molecule has 0 unspecified atom stereocenters. The molecule has 3 aromatic carbocycles. The highest BCUT2D eigenvalue weighted by Gasteiger charge is 2.41. The third-order valence-corrected chi connectivity index (χ3v) is 5.80. The summed E-state index contributed by atoms with van der Waals surface area (Å²) in [6.45, 7) is 0. The van der Waals surface area contributed by atoms with Crippen LogP contribution in [0.2, 0.25) is 0 Å². The Balaban J connectivity index is 1.60. The van der Waals surface area contributed by atoms with Gasteiger partial charge < -0.3 is 18.9 Å². The standard InChI is InChI=1S/C25H24N2O4/c1-28-18-10-12-22-19(14-18)21-15-20(16-7-5-4-6-8-16)26-27(21)25(31-22)17-9-11-23(29-2)24(13-17)30-3/h4-14,21,25H,15H2,1-3H3/t21-,25+/m1/s1. The molecule has 2 heterocycles. The molecule has 0 aromatic heterocycles. The lowest BCUT2D eigenvalue weighted by atomic mass is 9.95. The maximum Gasteiger partial charge on any atom is 0.214 e. The van der Waals surface area contributed by atoms with Gasteiger partial charge in [0.2, 0.25) is 6.23 Å². The van der Waals surface area contributed by atoms with Crippen LogP contribution in [-0.4, -0.2) is 32.0 Å². The van der Waals surface area contributed by atoms with E-state index in [1.165, 1.54) is 0 Å². The molecule has 158 valence electrons. The van der Waals surface area contributed by atoms with Crippen molar-refractivity contribution in [3.05, 3.63) is 83.4 Å². The van der Waals surface area contributed by atoms with Crippen molar-refractivity contribution < 1.29 is 18.9 Å². The van der Waals surface area contributed by atoms with E-state index in [4.69, 9.17) is 24.0 Å². The monoisotopic (exact) mass is 416 g/mol. The number of hydrogen-bond donors (Lipinski definition) is 0. The first kappa shape index (κ1) is 19.3. The van der Waals surface area contributed by atoms with Gasteiger partial charge in [0.15, 0.2) is 11.5 Å². The summed E-state index contributed by atoms with van der Waals surface area (Å²) in [6, 6.07) is 22.1. The van der Waals surface area contributed by atoms with Crippen molar-refractivity contribution in [2.75, 3.05) is 21.3 Å². The van der Waals surface area contributed by atoms with Gasteiger partial charge in [-0.1, -0.05) is 30.3 Å². The zero-order valence-corrected chi connectivity index (χ0v) is 17.7. The van der Waals surface area contributed by atoms with Crippen LogP contribution in [0.15, 0.2) is 71.8 Å². The highest BCUT2D eigenvalue weighted by molar-refractivity contribution is 6.01. The smallest absolute Gasteiger partial charge is 0.214 e. The molecule has 0 fully saturated rings. The molecule has 0 amide bonds. The van der Waals surface area contributed by atoms with Crippen LogP contribution in [0, 0.1) is 0 Å². The Morgan fingerprint density at radius 3 is 2.42 bits per heavy atom. The summed E-state index contributed by atoms with van der Waals surface area (Å²) in [5.74, 6) is 2.98. The number of hydrogen-bond acceptors (Lipinski definition) is 6. The number of benzene rings is 3. The fraction of sp³-hybridized carbons (Fsp3) is 0.240. The molecule has 2 aliphatic rings. The highest BCUT2D eigenvalue weighted by Crippen LogP contribution is 2.49. The lowest BCUT2D eigenvalue weighted by Gasteiger charge is -2.38. The zero-order valence-electron chi connectivity index (χ0n) is 17.7. The summed E-state index contributed by atoms with van der Waals surface area (Å²) in [5.41, 5.74) is 4.18. The van der Waals surface area contributed by atoms with Crippen LogP contribution in [-0.2, 0) is 0 Å². The van der Waals surface area contributed by atoms with Gasteiger partial charge in [0.05, 0.1) is 33.1 Å². The van der Waals surface area contributed by atoms with Crippen LogP contribution >= 0.6 is 0 Å². The van der Waals surface area contributed by atoms with Crippen LogP contribution in [0.3, 0.4) is 0 Å². The molecule has 0 aliphatic carbocycles. The Morgan fingerprint density at radius 2 is 1.68 bits per heavy atom. The normalized spacial score (nSPS) is 19.1. The van der Waals surface area contributed by atoms with E-state index < -0.39 is 0 Å². The summed E-state index contributed by atoms with van der Waals surface area (Å²) in [7, 11) is 4.94. The molecule has 6 heteroatoms. The third kappa shape index (κ3) is 3.34. The minimum absolute atomic E-state index is 0.0483. The van der Waals surface area contributed by atoms with E-state index in [9.17, 15) is 0 Å². The molecule has 6 nitrogen and oxygen atoms in total. The predicted molar refractivity (Wildman–Crippen MR) is 118 cm³/mol. The SMILES string of the molecule is COc1ccc2c(c1)[C@H]1CC(c3ccccc3)=NN1[C@H](c1ccc(OC)c(OC)c1)O2. The van der Waals surface area contributed by atoms with E-state index in [1.54, 1.807) is 21.3 Å². The van der Waals surface area contributed by atoms with Crippen molar-refractivity contribution in [3.63, 3.8) is 0 Å². The van der Waals surface area contributed by atoms with Gasteiger partial charge >= 0.3 is 0 Å². The van der Waals surface area contributed by atoms with Crippen molar-refractivity contribution in [1.82, 2.24) is 5.01 Å². The van der Waals surface area contributed by atoms with Gasteiger partial charge in [-0.25, -0.2) is 5.01 Å². The fourth-order valence-electron chi connectivity index (χ4n) is 4.22. The highest BCUT2D eigenvalue weighted by atomic mass is 16.5.